The van der Waals surface area contributed by atoms with Gasteiger partial charge in [0.05, 0.1) is 18.1 Å². The van der Waals surface area contributed by atoms with Gasteiger partial charge in [0.1, 0.15) is 0 Å². The van der Waals surface area contributed by atoms with E-state index >= 15 is 0 Å². The van der Waals surface area contributed by atoms with Crippen LogP contribution < -0.4 is 11.1 Å². The number of amides is 1. The first-order chi connectivity index (χ1) is 8.63. The summed E-state index contributed by atoms with van der Waals surface area (Å²) >= 11 is 0. The lowest BCUT2D eigenvalue weighted by atomic mass is 9.76. The number of ether oxygens (including phenoxy) is 1. The maximum atomic E-state index is 12.1. The summed E-state index contributed by atoms with van der Waals surface area (Å²) in [6.45, 7) is 3.60. The minimum Gasteiger partial charge on any atom is -0.378 e. The van der Waals surface area contributed by atoms with Gasteiger partial charge in [-0.2, -0.15) is 0 Å². The molecule has 104 valence electrons. The van der Waals surface area contributed by atoms with Crippen LogP contribution in [0.5, 0.6) is 0 Å². The van der Waals surface area contributed by atoms with E-state index in [-0.39, 0.29) is 17.6 Å². The third kappa shape index (κ3) is 3.45. The molecule has 2 fully saturated rings. The Morgan fingerprint density at radius 1 is 1.44 bits per heavy atom. The van der Waals surface area contributed by atoms with E-state index in [2.05, 4.69) is 12.2 Å². The lowest BCUT2D eigenvalue weighted by molar-refractivity contribution is -0.125. The van der Waals surface area contributed by atoms with Gasteiger partial charge in [0.2, 0.25) is 5.91 Å². The second-order valence-corrected chi connectivity index (χ2v) is 6.07. The van der Waals surface area contributed by atoms with Crippen molar-refractivity contribution in [1.82, 2.24) is 5.32 Å². The van der Waals surface area contributed by atoms with Crippen LogP contribution in [0.1, 0.15) is 51.9 Å². The molecule has 0 spiro atoms. The standard InChI is InChI=1S/C14H26N2O2/c1-11-4-2-6-14(9-11,10-15)16-13(17)8-12-5-3-7-18-12/h11-12H,2-10,15H2,1H3,(H,16,17). The van der Waals surface area contributed by atoms with Gasteiger partial charge in [-0.25, -0.2) is 0 Å². The molecule has 2 aliphatic rings. The van der Waals surface area contributed by atoms with Gasteiger partial charge in [-0.05, 0) is 31.6 Å². The van der Waals surface area contributed by atoms with E-state index in [9.17, 15) is 4.79 Å². The Hall–Kier alpha value is -0.610. The molecular weight excluding hydrogens is 228 g/mol. The first-order valence-electron chi connectivity index (χ1n) is 7.26. The predicted octanol–water partition coefficient (Wildman–Crippen LogP) is 1.58. The van der Waals surface area contributed by atoms with Gasteiger partial charge in [0.15, 0.2) is 0 Å². The highest BCUT2D eigenvalue weighted by molar-refractivity contribution is 5.77. The van der Waals surface area contributed by atoms with Crippen LogP contribution in [0.4, 0.5) is 0 Å². The zero-order valence-electron chi connectivity index (χ0n) is 11.4. The van der Waals surface area contributed by atoms with Gasteiger partial charge in [-0.3, -0.25) is 4.79 Å². The topological polar surface area (TPSA) is 64.3 Å². The molecule has 3 unspecified atom stereocenters. The van der Waals surface area contributed by atoms with E-state index in [4.69, 9.17) is 10.5 Å². The molecule has 3 atom stereocenters. The third-order valence-electron chi connectivity index (χ3n) is 4.32. The van der Waals surface area contributed by atoms with Gasteiger partial charge < -0.3 is 15.8 Å². The summed E-state index contributed by atoms with van der Waals surface area (Å²) in [5.74, 6) is 0.770. The second-order valence-electron chi connectivity index (χ2n) is 6.07. The van der Waals surface area contributed by atoms with Crippen LogP contribution in [0.15, 0.2) is 0 Å². The number of hydrogen-bond acceptors (Lipinski definition) is 3. The molecule has 2 rings (SSSR count). The molecule has 0 bridgehead atoms. The van der Waals surface area contributed by atoms with Crippen LogP contribution in [0, 0.1) is 5.92 Å². The maximum Gasteiger partial charge on any atom is 0.223 e. The van der Waals surface area contributed by atoms with Crippen LogP contribution in [0.25, 0.3) is 0 Å². The average Bonchev–Trinajstić information content (AvgIpc) is 2.81. The van der Waals surface area contributed by atoms with Gasteiger partial charge in [-0.15, -0.1) is 0 Å². The summed E-state index contributed by atoms with van der Waals surface area (Å²) in [6, 6.07) is 0. The molecule has 1 aliphatic heterocycles. The lowest BCUT2D eigenvalue weighted by Crippen LogP contribution is -2.56. The summed E-state index contributed by atoms with van der Waals surface area (Å²) in [4.78, 5) is 12.1. The molecule has 1 heterocycles. The van der Waals surface area contributed by atoms with Crippen molar-refractivity contribution >= 4 is 5.91 Å². The summed E-state index contributed by atoms with van der Waals surface area (Å²) in [6.07, 6.45) is 7.17. The Labute approximate surface area is 110 Å². The monoisotopic (exact) mass is 254 g/mol. The molecule has 4 nitrogen and oxygen atoms in total. The summed E-state index contributed by atoms with van der Waals surface area (Å²) in [5, 5.41) is 3.20. The Bertz CT molecular complexity index is 290. The Morgan fingerprint density at radius 2 is 2.28 bits per heavy atom. The summed E-state index contributed by atoms with van der Waals surface area (Å²) in [7, 11) is 0. The predicted molar refractivity (Wildman–Crippen MR) is 71.2 cm³/mol. The van der Waals surface area contributed by atoms with Crippen molar-refractivity contribution in [2.24, 2.45) is 11.7 Å². The van der Waals surface area contributed by atoms with E-state index in [1.165, 1.54) is 12.8 Å². The quantitative estimate of drug-likeness (QED) is 0.800. The van der Waals surface area contributed by atoms with Crippen LogP contribution in [-0.4, -0.2) is 30.7 Å². The highest BCUT2D eigenvalue weighted by Gasteiger charge is 2.35. The van der Waals surface area contributed by atoms with E-state index < -0.39 is 0 Å². The number of nitrogens with one attached hydrogen (secondary N) is 1. The van der Waals surface area contributed by atoms with Crippen molar-refractivity contribution < 1.29 is 9.53 Å². The van der Waals surface area contributed by atoms with Crippen molar-refractivity contribution in [2.45, 2.75) is 63.5 Å². The van der Waals surface area contributed by atoms with E-state index in [1.54, 1.807) is 0 Å². The lowest BCUT2D eigenvalue weighted by Gasteiger charge is -2.40. The molecule has 3 N–H and O–H groups in total. The molecule has 0 aromatic carbocycles. The fraction of sp³-hybridized carbons (Fsp3) is 0.929. The van der Waals surface area contributed by atoms with Crippen LogP contribution in [0.3, 0.4) is 0 Å². The zero-order valence-corrected chi connectivity index (χ0v) is 11.4. The summed E-state index contributed by atoms with van der Waals surface area (Å²) < 4.78 is 5.51. The fourth-order valence-corrected chi connectivity index (χ4v) is 3.37. The number of carbonyl (C=O) groups is 1. The molecule has 1 amide bonds. The molecule has 0 radical (unpaired) electrons. The van der Waals surface area contributed by atoms with E-state index in [0.717, 1.165) is 32.3 Å². The third-order valence-corrected chi connectivity index (χ3v) is 4.32. The number of rotatable bonds is 4. The maximum absolute atomic E-state index is 12.1. The van der Waals surface area contributed by atoms with E-state index in [0.29, 0.717) is 18.9 Å². The Kier molecular flexibility index (Phi) is 4.62. The summed E-state index contributed by atoms with van der Waals surface area (Å²) in [5.41, 5.74) is 5.75. The minimum absolute atomic E-state index is 0.112. The molecule has 1 saturated carbocycles. The molecule has 18 heavy (non-hydrogen) atoms. The van der Waals surface area contributed by atoms with Crippen LogP contribution in [-0.2, 0) is 9.53 Å². The smallest absolute Gasteiger partial charge is 0.223 e. The van der Waals surface area contributed by atoms with Crippen molar-refractivity contribution in [1.29, 1.82) is 0 Å². The second kappa shape index (κ2) is 6.02. The molecular formula is C14H26N2O2. The first-order valence-corrected chi connectivity index (χ1v) is 7.26. The van der Waals surface area contributed by atoms with Crippen LogP contribution >= 0.6 is 0 Å². The molecule has 4 heteroatoms. The highest BCUT2D eigenvalue weighted by Crippen LogP contribution is 2.31. The Balaban J connectivity index is 1.86. The molecule has 1 aliphatic carbocycles. The van der Waals surface area contributed by atoms with Crippen molar-refractivity contribution in [3.8, 4) is 0 Å². The molecule has 1 saturated heterocycles. The van der Waals surface area contributed by atoms with Gasteiger partial charge >= 0.3 is 0 Å². The Morgan fingerprint density at radius 3 is 2.89 bits per heavy atom. The van der Waals surface area contributed by atoms with Gasteiger partial charge in [0, 0.05) is 13.2 Å². The van der Waals surface area contributed by atoms with Crippen LogP contribution in [0.2, 0.25) is 0 Å². The van der Waals surface area contributed by atoms with Gasteiger partial charge in [-0.1, -0.05) is 19.8 Å². The first kappa shape index (κ1) is 13.8. The minimum atomic E-state index is -0.159. The van der Waals surface area contributed by atoms with Gasteiger partial charge in [0.25, 0.3) is 0 Å². The zero-order chi connectivity index (χ0) is 13.0. The largest absolute Gasteiger partial charge is 0.378 e. The van der Waals surface area contributed by atoms with E-state index in [1.807, 2.05) is 0 Å². The normalized spacial score (nSPS) is 36.6. The highest BCUT2D eigenvalue weighted by atomic mass is 16.5. The number of nitrogens with two attached hydrogens (primary N) is 1. The molecule has 0 aromatic rings. The SMILES string of the molecule is CC1CCCC(CN)(NC(=O)CC2CCCO2)C1. The van der Waals surface area contributed by atoms with Crippen molar-refractivity contribution in [3.63, 3.8) is 0 Å². The fourth-order valence-electron chi connectivity index (χ4n) is 3.37. The van der Waals surface area contributed by atoms with Crippen molar-refractivity contribution in [2.75, 3.05) is 13.2 Å². The molecule has 0 aromatic heterocycles. The number of hydrogen-bond donors (Lipinski definition) is 2. The number of carbonyl (C=O) groups excluding carboxylic acids is 1. The average molecular weight is 254 g/mol. The van der Waals surface area contributed by atoms with Crippen molar-refractivity contribution in [3.05, 3.63) is 0 Å².